The van der Waals surface area contributed by atoms with Crippen LogP contribution in [0.3, 0.4) is 0 Å². The van der Waals surface area contributed by atoms with E-state index in [1.165, 1.54) is 0 Å². The first-order chi connectivity index (χ1) is 12.3. The van der Waals surface area contributed by atoms with Gasteiger partial charge in [0.1, 0.15) is 5.75 Å². The Morgan fingerprint density at radius 2 is 1.76 bits per heavy atom. The van der Waals surface area contributed by atoms with Gasteiger partial charge in [-0.05, 0) is 24.3 Å². The topological polar surface area (TPSA) is 77.1 Å². The number of phenolic OH excluding ortho intramolecular Hbond substituents is 1. The fourth-order valence-electron chi connectivity index (χ4n) is 3.30. The molecule has 2 aromatic heterocycles. The van der Waals surface area contributed by atoms with Crippen LogP contribution in [0.25, 0.3) is 16.9 Å². The van der Waals surface area contributed by atoms with Crippen molar-refractivity contribution in [2.75, 3.05) is 44.2 Å². The highest BCUT2D eigenvalue weighted by molar-refractivity contribution is 5.71. The number of piperazine rings is 1. The lowest BCUT2D eigenvalue weighted by Gasteiger charge is -2.35. The quantitative estimate of drug-likeness (QED) is 0.744. The van der Waals surface area contributed by atoms with Crippen LogP contribution in [-0.4, -0.2) is 68.8 Å². The highest BCUT2D eigenvalue weighted by Gasteiger charge is 2.21. The molecule has 3 heterocycles. The van der Waals surface area contributed by atoms with Crippen LogP contribution in [0, 0.1) is 0 Å². The van der Waals surface area contributed by atoms with Crippen molar-refractivity contribution in [1.82, 2.24) is 19.3 Å². The number of imidazole rings is 1. The van der Waals surface area contributed by atoms with E-state index < -0.39 is 0 Å². The Bertz CT molecular complexity index is 854. The third kappa shape index (κ3) is 3.04. The van der Waals surface area contributed by atoms with Gasteiger partial charge < -0.3 is 15.1 Å². The van der Waals surface area contributed by atoms with E-state index >= 15 is 0 Å². The number of phenols is 1. The highest BCUT2D eigenvalue weighted by atomic mass is 16.3. The van der Waals surface area contributed by atoms with Crippen molar-refractivity contribution in [3.8, 4) is 17.0 Å². The maximum Gasteiger partial charge on any atom is 0.180 e. The van der Waals surface area contributed by atoms with Crippen LogP contribution in [0.2, 0.25) is 0 Å². The highest BCUT2D eigenvalue weighted by Crippen LogP contribution is 2.26. The number of fused-ring (bicyclic) bond motifs is 1. The molecule has 3 aromatic rings. The van der Waals surface area contributed by atoms with Gasteiger partial charge in [0.05, 0.1) is 18.5 Å². The van der Waals surface area contributed by atoms with Crippen LogP contribution in [0.1, 0.15) is 0 Å². The second kappa shape index (κ2) is 6.70. The van der Waals surface area contributed by atoms with Gasteiger partial charge in [0, 0.05) is 50.7 Å². The second-order valence-electron chi connectivity index (χ2n) is 6.19. The molecular weight excluding hydrogens is 318 g/mol. The summed E-state index contributed by atoms with van der Waals surface area (Å²) in [6, 6.07) is 7.09. The summed E-state index contributed by atoms with van der Waals surface area (Å²) >= 11 is 0. The molecule has 25 heavy (non-hydrogen) atoms. The third-order valence-electron chi connectivity index (χ3n) is 4.66. The molecule has 1 fully saturated rings. The van der Waals surface area contributed by atoms with E-state index in [2.05, 4.69) is 19.8 Å². The summed E-state index contributed by atoms with van der Waals surface area (Å²) in [6.07, 6.45) is 5.58. The van der Waals surface area contributed by atoms with Gasteiger partial charge in [-0.1, -0.05) is 0 Å². The molecule has 2 N–H and O–H groups in total. The summed E-state index contributed by atoms with van der Waals surface area (Å²) in [6.45, 7) is 4.48. The Hall–Kier alpha value is -2.64. The van der Waals surface area contributed by atoms with E-state index in [1.807, 2.05) is 28.9 Å². The number of aliphatic hydroxyl groups excluding tert-OH is 1. The summed E-state index contributed by atoms with van der Waals surface area (Å²) in [5.41, 5.74) is 2.75. The third-order valence-corrected chi connectivity index (χ3v) is 4.66. The first-order valence-corrected chi connectivity index (χ1v) is 8.46. The first-order valence-electron chi connectivity index (χ1n) is 8.46. The van der Waals surface area contributed by atoms with E-state index in [0.29, 0.717) is 0 Å². The number of aromatic hydroxyl groups is 1. The van der Waals surface area contributed by atoms with Gasteiger partial charge in [-0.15, -0.1) is 0 Å². The number of β-amino-alcohol motifs (C(OH)–C–C–N with tert-alkyl or cyclic N) is 1. The summed E-state index contributed by atoms with van der Waals surface area (Å²) in [5.74, 6) is 1.13. The van der Waals surface area contributed by atoms with Crippen molar-refractivity contribution in [1.29, 1.82) is 0 Å². The molecule has 0 amide bonds. The number of benzene rings is 1. The molecule has 1 aliphatic rings. The lowest BCUT2D eigenvalue weighted by molar-refractivity contribution is 0.188. The Balaban J connectivity index is 1.65. The number of anilines is 1. The normalized spacial score (nSPS) is 15.8. The van der Waals surface area contributed by atoms with Crippen molar-refractivity contribution in [2.24, 2.45) is 0 Å². The maximum atomic E-state index is 9.49. The molecule has 1 saturated heterocycles. The van der Waals surface area contributed by atoms with Gasteiger partial charge in [0.15, 0.2) is 11.5 Å². The lowest BCUT2D eigenvalue weighted by Crippen LogP contribution is -2.47. The van der Waals surface area contributed by atoms with Crippen LogP contribution in [0.15, 0.2) is 42.9 Å². The molecule has 0 radical (unpaired) electrons. The molecule has 1 aromatic carbocycles. The summed E-state index contributed by atoms with van der Waals surface area (Å²) in [4.78, 5) is 13.7. The van der Waals surface area contributed by atoms with Gasteiger partial charge in [0.2, 0.25) is 0 Å². The van der Waals surface area contributed by atoms with Gasteiger partial charge >= 0.3 is 0 Å². The molecule has 1 aliphatic heterocycles. The van der Waals surface area contributed by atoms with Crippen molar-refractivity contribution in [2.45, 2.75) is 0 Å². The Morgan fingerprint density at radius 3 is 2.48 bits per heavy atom. The zero-order valence-corrected chi connectivity index (χ0v) is 13.9. The minimum atomic E-state index is 0.198. The number of hydrogen-bond acceptors (Lipinski definition) is 6. The molecule has 7 nitrogen and oxygen atoms in total. The van der Waals surface area contributed by atoms with Gasteiger partial charge in [-0.25, -0.2) is 9.97 Å². The molecule has 0 saturated carbocycles. The maximum absolute atomic E-state index is 9.49. The largest absolute Gasteiger partial charge is 0.508 e. The van der Waals surface area contributed by atoms with E-state index in [9.17, 15) is 5.11 Å². The Kier molecular flexibility index (Phi) is 4.25. The molecule has 4 rings (SSSR count). The van der Waals surface area contributed by atoms with Crippen LogP contribution in [0.4, 0.5) is 5.82 Å². The van der Waals surface area contributed by atoms with E-state index in [0.717, 1.165) is 55.4 Å². The van der Waals surface area contributed by atoms with Gasteiger partial charge in [-0.2, -0.15) is 0 Å². The Labute approximate surface area is 145 Å². The van der Waals surface area contributed by atoms with E-state index in [1.54, 1.807) is 18.3 Å². The fourth-order valence-corrected chi connectivity index (χ4v) is 3.30. The van der Waals surface area contributed by atoms with Crippen molar-refractivity contribution < 1.29 is 10.2 Å². The monoisotopic (exact) mass is 339 g/mol. The van der Waals surface area contributed by atoms with Gasteiger partial charge in [0.25, 0.3) is 0 Å². The van der Waals surface area contributed by atoms with Crippen LogP contribution in [-0.2, 0) is 0 Å². The number of rotatable bonds is 4. The lowest BCUT2D eigenvalue weighted by atomic mass is 10.1. The van der Waals surface area contributed by atoms with Gasteiger partial charge in [-0.3, -0.25) is 9.30 Å². The average molecular weight is 339 g/mol. The molecule has 7 heteroatoms. The number of aromatic nitrogens is 3. The smallest absolute Gasteiger partial charge is 0.180 e. The summed E-state index contributed by atoms with van der Waals surface area (Å²) in [7, 11) is 0. The standard InChI is InChI=1S/C18H21N5O2/c24-12-11-21-7-9-22(10-8-21)17-18-19-5-6-23(18)16(13-20-17)14-1-3-15(25)4-2-14/h1-6,13,24-25H,7-12H2. The molecule has 0 spiro atoms. The molecule has 0 aliphatic carbocycles. The SMILES string of the molecule is OCCN1CCN(c2ncc(-c3ccc(O)cc3)n3ccnc23)CC1. The molecule has 130 valence electrons. The summed E-state index contributed by atoms with van der Waals surface area (Å²) < 4.78 is 2.04. The van der Waals surface area contributed by atoms with E-state index in [4.69, 9.17) is 5.11 Å². The molecule has 0 bridgehead atoms. The average Bonchev–Trinajstić information content (AvgIpc) is 3.13. The number of hydrogen-bond donors (Lipinski definition) is 2. The van der Waals surface area contributed by atoms with Crippen molar-refractivity contribution >= 4 is 11.5 Å². The minimum Gasteiger partial charge on any atom is -0.508 e. The first kappa shape index (κ1) is 15.9. The molecule has 0 unspecified atom stereocenters. The number of aliphatic hydroxyl groups is 1. The second-order valence-corrected chi connectivity index (χ2v) is 6.19. The van der Waals surface area contributed by atoms with Crippen molar-refractivity contribution in [3.05, 3.63) is 42.9 Å². The number of nitrogens with zero attached hydrogens (tertiary/aromatic N) is 5. The predicted octanol–water partition coefficient (Wildman–Crippen LogP) is 1.22. The zero-order chi connectivity index (χ0) is 17.2. The van der Waals surface area contributed by atoms with E-state index in [-0.39, 0.29) is 12.4 Å². The molecular formula is C18H21N5O2. The Morgan fingerprint density at radius 1 is 1.00 bits per heavy atom. The van der Waals surface area contributed by atoms with Crippen LogP contribution in [0.5, 0.6) is 5.75 Å². The summed E-state index contributed by atoms with van der Waals surface area (Å²) in [5, 5.41) is 18.6. The minimum absolute atomic E-state index is 0.198. The van der Waals surface area contributed by atoms with Crippen LogP contribution < -0.4 is 4.90 Å². The fraction of sp³-hybridized carbons (Fsp3) is 0.333. The van der Waals surface area contributed by atoms with Crippen molar-refractivity contribution in [3.63, 3.8) is 0 Å². The zero-order valence-electron chi connectivity index (χ0n) is 13.9. The van der Waals surface area contributed by atoms with Crippen LogP contribution >= 0.6 is 0 Å². The predicted molar refractivity (Wildman–Crippen MR) is 95.8 cm³/mol. The molecule has 0 atom stereocenters.